The van der Waals surface area contributed by atoms with Crippen LogP contribution in [0.15, 0.2) is 35.7 Å². The van der Waals surface area contributed by atoms with E-state index in [9.17, 15) is 12.8 Å². The molecule has 1 rings (SSSR count). The van der Waals surface area contributed by atoms with Gasteiger partial charge in [-0.05, 0) is 38.6 Å². The highest BCUT2D eigenvalue weighted by atomic mass is 32.2. The SMILES string of the molecule is C=CCN(C(C)C)S(=O)(=O)c1ccc(F)c(CNCC)c1. The lowest BCUT2D eigenvalue weighted by Crippen LogP contribution is -2.37. The summed E-state index contributed by atoms with van der Waals surface area (Å²) in [5, 5.41) is 3.00. The molecule has 0 amide bonds. The van der Waals surface area contributed by atoms with Crippen LogP contribution < -0.4 is 5.32 Å². The number of hydrogen-bond donors (Lipinski definition) is 1. The Morgan fingerprint density at radius 1 is 1.43 bits per heavy atom. The molecule has 0 aliphatic carbocycles. The van der Waals surface area contributed by atoms with Gasteiger partial charge in [-0.25, -0.2) is 12.8 Å². The summed E-state index contributed by atoms with van der Waals surface area (Å²) in [5.41, 5.74) is 0.347. The quantitative estimate of drug-likeness (QED) is 0.750. The molecule has 0 aliphatic heterocycles. The van der Waals surface area contributed by atoms with Gasteiger partial charge in [0.2, 0.25) is 10.0 Å². The van der Waals surface area contributed by atoms with E-state index < -0.39 is 15.8 Å². The fourth-order valence-electron chi connectivity index (χ4n) is 1.96. The highest BCUT2D eigenvalue weighted by molar-refractivity contribution is 7.89. The highest BCUT2D eigenvalue weighted by Crippen LogP contribution is 2.21. The number of nitrogens with zero attached hydrogens (tertiary/aromatic N) is 1. The maximum Gasteiger partial charge on any atom is 0.243 e. The van der Waals surface area contributed by atoms with Crippen LogP contribution in [0.1, 0.15) is 26.3 Å². The molecule has 1 N–H and O–H groups in total. The molecule has 4 nitrogen and oxygen atoms in total. The van der Waals surface area contributed by atoms with Gasteiger partial charge >= 0.3 is 0 Å². The topological polar surface area (TPSA) is 49.4 Å². The molecular weight excluding hydrogens is 291 g/mol. The summed E-state index contributed by atoms with van der Waals surface area (Å²) in [4.78, 5) is 0.104. The molecule has 6 heteroatoms. The molecule has 0 saturated carbocycles. The zero-order valence-electron chi connectivity index (χ0n) is 12.8. The Bertz CT molecular complexity index is 585. The fraction of sp³-hybridized carbons (Fsp3) is 0.467. The first-order chi connectivity index (χ1) is 9.84. The van der Waals surface area contributed by atoms with Gasteiger partial charge in [0.15, 0.2) is 0 Å². The second-order valence-electron chi connectivity index (χ2n) is 4.99. The molecule has 0 heterocycles. The molecule has 0 fully saturated rings. The molecular formula is C15H23FN2O2S. The lowest BCUT2D eigenvalue weighted by Gasteiger charge is -2.24. The number of halogens is 1. The van der Waals surface area contributed by atoms with Crippen molar-refractivity contribution in [2.45, 2.75) is 38.3 Å². The van der Waals surface area contributed by atoms with Crippen LogP contribution in [0, 0.1) is 5.82 Å². The average molecular weight is 314 g/mol. The van der Waals surface area contributed by atoms with E-state index in [0.29, 0.717) is 18.7 Å². The van der Waals surface area contributed by atoms with Crippen LogP contribution in [0.3, 0.4) is 0 Å². The third-order valence-electron chi connectivity index (χ3n) is 3.07. The lowest BCUT2D eigenvalue weighted by atomic mass is 10.2. The Balaban J connectivity index is 3.21. The average Bonchev–Trinajstić information content (AvgIpc) is 2.43. The third-order valence-corrected chi connectivity index (χ3v) is 5.11. The van der Waals surface area contributed by atoms with Gasteiger partial charge in [0.05, 0.1) is 4.90 Å². The molecule has 0 bridgehead atoms. The van der Waals surface area contributed by atoms with E-state index in [-0.39, 0.29) is 17.5 Å². The smallest absolute Gasteiger partial charge is 0.243 e. The van der Waals surface area contributed by atoms with Crippen molar-refractivity contribution >= 4 is 10.0 Å². The zero-order chi connectivity index (χ0) is 16.0. The van der Waals surface area contributed by atoms with E-state index in [1.807, 2.05) is 6.92 Å². The van der Waals surface area contributed by atoms with Crippen molar-refractivity contribution < 1.29 is 12.8 Å². The van der Waals surface area contributed by atoms with Crippen molar-refractivity contribution in [3.8, 4) is 0 Å². The van der Waals surface area contributed by atoms with Crippen molar-refractivity contribution in [3.63, 3.8) is 0 Å². The van der Waals surface area contributed by atoms with E-state index in [2.05, 4.69) is 11.9 Å². The first-order valence-electron chi connectivity index (χ1n) is 6.96. The third kappa shape index (κ3) is 4.36. The Morgan fingerprint density at radius 2 is 2.10 bits per heavy atom. The van der Waals surface area contributed by atoms with E-state index in [0.717, 1.165) is 0 Å². The van der Waals surface area contributed by atoms with Crippen molar-refractivity contribution in [2.24, 2.45) is 0 Å². The fourth-order valence-corrected chi connectivity index (χ4v) is 3.61. The molecule has 1 aromatic rings. The number of hydrogen-bond acceptors (Lipinski definition) is 3. The molecule has 21 heavy (non-hydrogen) atoms. The summed E-state index contributed by atoms with van der Waals surface area (Å²) in [6, 6.07) is 3.70. The monoisotopic (exact) mass is 314 g/mol. The van der Waals surface area contributed by atoms with Crippen molar-refractivity contribution in [3.05, 3.63) is 42.2 Å². The summed E-state index contributed by atoms with van der Waals surface area (Å²) in [6.45, 7) is 10.3. The van der Waals surface area contributed by atoms with Gasteiger partial charge in [-0.3, -0.25) is 0 Å². The van der Waals surface area contributed by atoms with Gasteiger partial charge in [0.1, 0.15) is 5.82 Å². The molecule has 0 atom stereocenters. The summed E-state index contributed by atoms with van der Waals surface area (Å²) in [5.74, 6) is -0.408. The van der Waals surface area contributed by atoms with Crippen LogP contribution >= 0.6 is 0 Å². The molecule has 118 valence electrons. The summed E-state index contributed by atoms with van der Waals surface area (Å²) >= 11 is 0. The second-order valence-corrected chi connectivity index (χ2v) is 6.88. The minimum absolute atomic E-state index is 0.104. The Hall–Kier alpha value is -1.24. The predicted molar refractivity (Wildman–Crippen MR) is 83.0 cm³/mol. The van der Waals surface area contributed by atoms with E-state index in [1.54, 1.807) is 19.9 Å². The summed E-state index contributed by atoms with van der Waals surface area (Å²) in [6.07, 6.45) is 1.54. The van der Waals surface area contributed by atoms with Gasteiger partial charge < -0.3 is 5.32 Å². The molecule has 0 aliphatic rings. The van der Waals surface area contributed by atoms with Crippen molar-refractivity contribution in [1.82, 2.24) is 9.62 Å². The molecule has 0 unspecified atom stereocenters. The van der Waals surface area contributed by atoms with Gasteiger partial charge in [-0.15, -0.1) is 6.58 Å². The molecule has 0 aromatic heterocycles. The number of rotatable bonds is 8. The van der Waals surface area contributed by atoms with Crippen LogP contribution in [0.4, 0.5) is 4.39 Å². The van der Waals surface area contributed by atoms with Crippen LogP contribution in [0.5, 0.6) is 0 Å². The maximum absolute atomic E-state index is 13.7. The molecule has 1 aromatic carbocycles. The summed E-state index contributed by atoms with van der Waals surface area (Å²) in [7, 11) is -3.66. The number of benzene rings is 1. The Kier molecular flexibility index (Phi) is 6.51. The van der Waals surface area contributed by atoms with E-state index in [4.69, 9.17) is 0 Å². The Labute approximate surface area is 126 Å². The minimum Gasteiger partial charge on any atom is -0.313 e. The van der Waals surface area contributed by atoms with Gasteiger partial charge in [0.25, 0.3) is 0 Å². The van der Waals surface area contributed by atoms with Crippen LogP contribution in [-0.2, 0) is 16.6 Å². The lowest BCUT2D eigenvalue weighted by molar-refractivity contribution is 0.382. The van der Waals surface area contributed by atoms with E-state index >= 15 is 0 Å². The highest BCUT2D eigenvalue weighted by Gasteiger charge is 2.26. The number of nitrogens with one attached hydrogen (secondary N) is 1. The van der Waals surface area contributed by atoms with Gasteiger partial charge in [0, 0.05) is 24.7 Å². The molecule has 0 radical (unpaired) electrons. The van der Waals surface area contributed by atoms with Gasteiger partial charge in [-0.2, -0.15) is 4.31 Å². The van der Waals surface area contributed by atoms with Crippen LogP contribution in [0.2, 0.25) is 0 Å². The van der Waals surface area contributed by atoms with Crippen molar-refractivity contribution in [1.29, 1.82) is 0 Å². The van der Waals surface area contributed by atoms with Crippen LogP contribution in [0.25, 0.3) is 0 Å². The zero-order valence-corrected chi connectivity index (χ0v) is 13.6. The maximum atomic E-state index is 13.7. The second kappa shape index (κ2) is 7.68. The largest absolute Gasteiger partial charge is 0.313 e. The first-order valence-corrected chi connectivity index (χ1v) is 8.40. The minimum atomic E-state index is -3.66. The van der Waals surface area contributed by atoms with Crippen molar-refractivity contribution in [2.75, 3.05) is 13.1 Å². The predicted octanol–water partition coefficient (Wildman–Crippen LogP) is 2.52. The first kappa shape index (κ1) is 17.8. The van der Waals surface area contributed by atoms with Gasteiger partial charge in [-0.1, -0.05) is 13.0 Å². The Morgan fingerprint density at radius 3 is 2.62 bits per heavy atom. The molecule has 0 saturated heterocycles. The summed E-state index contributed by atoms with van der Waals surface area (Å²) < 4.78 is 40.3. The van der Waals surface area contributed by atoms with Crippen LogP contribution in [-0.4, -0.2) is 31.9 Å². The molecule has 0 spiro atoms. The number of sulfonamides is 1. The standard InChI is InChI=1S/C15H23FN2O2S/c1-5-9-18(12(3)4)21(19,20)14-7-8-15(16)13(10-14)11-17-6-2/h5,7-8,10,12,17H,1,6,9,11H2,2-4H3. The van der Waals surface area contributed by atoms with E-state index in [1.165, 1.54) is 22.5 Å². The normalized spacial score (nSPS) is 12.1.